The molecule has 0 saturated heterocycles. The maximum atomic E-state index is 3.79. The van der Waals surface area contributed by atoms with Gasteiger partial charge in [-0.05, 0) is 12.5 Å². The van der Waals surface area contributed by atoms with Crippen LogP contribution in [-0.2, 0) is 6.42 Å². The highest BCUT2D eigenvalue weighted by molar-refractivity contribution is 8.03. The first-order chi connectivity index (χ1) is 7.81. The fourth-order valence-electron chi connectivity index (χ4n) is 1.84. The van der Waals surface area contributed by atoms with Gasteiger partial charge < -0.3 is 4.90 Å². The Bertz CT molecular complexity index is 394. The van der Waals surface area contributed by atoms with Gasteiger partial charge in [-0.25, -0.2) is 0 Å². The molecule has 0 radical (unpaired) electrons. The fraction of sp³-hybridized carbons (Fsp3) is 0.286. The number of hydrogen-bond acceptors (Lipinski definition) is 2. The second kappa shape index (κ2) is 5.26. The Labute approximate surface area is 102 Å². The number of allylic oxidation sites excluding steroid dienone is 2. The molecule has 1 aliphatic heterocycles. The minimum Gasteiger partial charge on any atom is -0.361 e. The quantitative estimate of drug-likeness (QED) is 0.728. The van der Waals surface area contributed by atoms with Crippen LogP contribution >= 0.6 is 11.8 Å². The molecule has 0 aliphatic carbocycles. The topological polar surface area (TPSA) is 3.24 Å². The number of nitrogens with zero attached hydrogens (tertiary/aromatic N) is 1. The van der Waals surface area contributed by atoms with Gasteiger partial charge in [-0.1, -0.05) is 36.4 Å². The van der Waals surface area contributed by atoms with Crippen molar-refractivity contribution in [2.75, 3.05) is 12.4 Å². The van der Waals surface area contributed by atoms with Crippen molar-refractivity contribution in [2.45, 2.75) is 13.3 Å². The molecule has 1 aliphatic rings. The highest BCUT2D eigenvalue weighted by Crippen LogP contribution is 2.33. The Morgan fingerprint density at radius 3 is 2.81 bits per heavy atom. The lowest BCUT2D eigenvalue weighted by molar-refractivity contribution is 0.455. The van der Waals surface area contributed by atoms with Crippen LogP contribution in [0.3, 0.4) is 0 Å². The predicted molar refractivity (Wildman–Crippen MR) is 72.2 cm³/mol. The smallest absolute Gasteiger partial charge is 0.0684 e. The van der Waals surface area contributed by atoms with Gasteiger partial charge in [0.2, 0.25) is 0 Å². The fourth-order valence-corrected chi connectivity index (χ4v) is 3.06. The highest BCUT2D eigenvalue weighted by atomic mass is 32.2. The molecule has 0 N–H and O–H groups in total. The van der Waals surface area contributed by atoms with E-state index in [-0.39, 0.29) is 0 Å². The molecule has 0 aromatic heterocycles. The molecular weight excluding hydrogens is 214 g/mol. The van der Waals surface area contributed by atoms with Gasteiger partial charge in [0.05, 0.1) is 5.88 Å². The largest absolute Gasteiger partial charge is 0.361 e. The molecule has 0 amide bonds. The molecular formula is C14H17NS. The second-order valence-electron chi connectivity index (χ2n) is 3.96. The molecule has 0 spiro atoms. The van der Waals surface area contributed by atoms with Crippen LogP contribution in [0.15, 0.2) is 53.6 Å². The third-order valence-electron chi connectivity index (χ3n) is 2.83. The average molecular weight is 231 g/mol. The van der Waals surface area contributed by atoms with E-state index in [1.54, 1.807) is 0 Å². The second-order valence-corrected chi connectivity index (χ2v) is 5.00. The van der Waals surface area contributed by atoms with Crippen LogP contribution in [0.5, 0.6) is 0 Å². The van der Waals surface area contributed by atoms with E-state index in [0.29, 0.717) is 0 Å². The molecule has 16 heavy (non-hydrogen) atoms. The van der Waals surface area contributed by atoms with Crippen molar-refractivity contribution in [3.63, 3.8) is 0 Å². The highest BCUT2D eigenvalue weighted by Gasteiger charge is 2.18. The first-order valence-corrected chi connectivity index (χ1v) is 6.52. The molecule has 1 aromatic rings. The Morgan fingerprint density at radius 1 is 1.38 bits per heavy atom. The molecule has 1 heterocycles. The van der Waals surface area contributed by atoms with Gasteiger partial charge in [0.15, 0.2) is 0 Å². The molecule has 84 valence electrons. The number of thioether (sulfide) groups is 1. The van der Waals surface area contributed by atoms with Gasteiger partial charge in [0, 0.05) is 23.6 Å². The van der Waals surface area contributed by atoms with Crippen molar-refractivity contribution in [2.24, 2.45) is 0 Å². The molecule has 2 heteroatoms. The average Bonchev–Trinajstić information content (AvgIpc) is 2.64. The van der Waals surface area contributed by atoms with Crippen LogP contribution in [0, 0.1) is 0 Å². The summed E-state index contributed by atoms with van der Waals surface area (Å²) >= 11 is 1.95. The van der Waals surface area contributed by atoms with Gasteiger partial charge in [0.25, 0.3) is 0 Å². The first-order valence-electron chi connectivity index (χ1n) is 5.53. The third kappa shape index (κ3) is 2.50. The van der Waals surface area contributed by atoms with Crippen molar-refractivity contribution >= 4 is 11.8 Å². The minimum atomic E-state index is 0.955. The normalized spacial score (nSPS) is 15.7. The lowest BCUT2D eigenvalue weighted by Gasteiger charge is -2.16. The summed E-state index contributed by atoms with van der Waals surface area (Å²) in [5.74, 6) is 1.07. The summed E-state index contributed by atoms with van der Waals surface area (Å²) < 4.78 is 0. The molecule has 0 unspecified atom stereocenters. The zero-order valence-electron chi connectivity index (χ0n) is 9.65. The van der Waals surface area contributed by atoms with E-state index in [4.69, 9.17) is 0 Å². The van der Waals surface area contributed by atoms with Crippen LogP contribution in [0.25, 0.3) is 0 Å². The van der Waals surface area contributed by atoms with Crippen LogP contribution < -0.4 is 0 Å². The molecule has 1 nitrogen and oxygen atoms in total. The summed E-state index contributed by atoms with van der Waals surface area (Å²) in [6.07, 6.45) is 3.03. The summed E-state index contributed by atoms with van der Waals surface area (Å²) in [6, 6.07) is 10.7. The van der Waals surface area contributed by atoms with Crippen molar-refractivity contribution in [1.82, 2.24) is 4.90 Å². The number of benzene rings is 1. The SMILES string of the molecule is C=CCN1CSC(Cc2ccccc2)=C1C. The van der Waals surface area contributed by atoms with E-state index in [2.05, 4.69) is 48.7 Å². The number of rotatable bonds is 4. The summed E-state index contributed by atoms with van der Waals surface area (Å²) in [4.78, 5) is 3.86. The summed E-state index contributed by atoms with van der Waals surface area (Å²) in [6.45, 7) is 6.96. The summed E-state index contributed by atoms with van der Waals surface area (Å²) in [7, 11) is 0. The molecule has 0 bridgehead atoms. The van der Waals surface area contributed by atoms with E-state index in [1.807, 2.05) is 17.8 Å². The van der Waals surface area contributed by atoms with Crippen LogP contribution in [0.2, 0.25) is 0 Å². The molecule has 0 fully saturated rings. The number of hydrogen-bond donors (Lipinski definition) is 0. The van der Waals surface area contributed by atoms with Gasteiger partial charge >= 0.3 is 0 Å². The van der Waals surface area contributed by atoms with Gasteiger partial charge in [-0.15, -0.1) is 18.3 Å². The van der Waals surface area contributed by atoms with Crippen molar-refractivity contribution in [3.8, 4) is 0 Å². The standard InChI is InChI=1S/C14H17NS/c1-3-9-15-11-16-14(12(15)2)10-13-7-5-4-6-8-13/h3-8H,1,9-11H2,2H3. The monoisotopic (exact) mass is 231 g/mol. The summed E-state index contributed by atoms with van der Waals surface area (Å²) in [5, 5.41) is 0. The van der Waals surface area contributed by atoms with E-state index >= 15 is 0 Å². The Kier molecular flexibility index (Phi) is 3.73. The Hall–Kier alpha value is -1.15. The van der Waals surface area contributed by atoms with Gasteiger partial charge in [-0.3, -0.25) is 0 Å². The lowest BCUT2D eigenvalue weighted by atomic mass is 10.1. The van der Waals surface area contributed by atoms with Crippen molar-refractivity contribution in [1.29, 1.82) is 0 Å². The van der Waals surface area contributed by atoms with E-state index in [0.717, 1.165) is 18.8 Å². The lowest BCUT2D eigenvalue weighted by Crippen LogP contribution is -2.17. The van der Waals surface area contributed by atoms with Crippen LogP contribution in [-0.4, -0.2) is 17.3 Å². The van der Waals surface area contributed by atoms with Crippen molar-refractivity contribution < 1.29 is 0 Å². The zero-order valence-corrected chi connectivity index (χ0v) is 10.5. The summed E-state index contributed by atoms with van der Waals surface area (Å²) in [5.41, 5.74) is 2.80. The first kappa shape index (κ1) is 11.3. The Balaban J connectivity index is 2.08. The van der Waals surface area contributed by atoms with Gasteiger partial charge in [-0.2, -0.15) is 0 Å². The van der Waals surface area contributed by atoms with E-state index < -0.39 is 0 Å². The maximum absolute atomic E-state index is 3.79. The minimum absolute atomic E-state index is 0.955. The van der Waals surface area contributed by atoms with Crippen molar-refractivity contribution in [3.05, 3.63) is 59.2 Å². The van der Waals surface area contributed by atoms with Crippen LogP contribution in [0.4, 0.5) is 0 Å². The Morgan fingerprint density at radius 2 is 2.12 bits per heavy atom. The molecule has 1 aromatic carbocycles. The van der Waals surface area contributed by atoms with Gasteiger partial charge in [0.1, 0.15) is 0 Å². The molecule has 0 atom stereocenters. The molecule has 0 saturated carbocycles. The maximum Gasteiger partial charge on any atom is 0.0684 e. The van der Waals surface area contributed by atoms with E-state index in [9.17, 15) is 0 Å². The third-order valence-corrected chi connectivity index (χ3v) is 4.06. The zero-order chi connectivity index (χ0) is 11.4. The van der Waals surface area contributed by atoms with Crippen LogP contribution in [0.1, 0.15) is 12.5 Å². The predicted octanol–water partition coefficient (Wildman–Crippen LogP) is 3.65. The van der Waals surface area contributed by atoms with E-state index in [1.165, 1.54) is 16.2 Å². The molecule has 2 rings (SSSR count).